The van der Waals surface area contributed by atoms with E-state index in [0.717, 1.165) is 31.0 Å². The van der Waals surface area contributed by atoms with Crippen LogP contribution >= 0.6 is 11.6 Å². The molecule has 0 spiro atoms. The lowest BCUT2D eigenvalue weighted by Crippen LogP contribution is -2.40. The third-order valence-corrected chi connectivity index (χ3v) is 3.31. The number of hydrogen-bond acceptors (Lipinski definition) is 2. The van der Waals surface area contributed by atoms with Gasteiger partial charge in [-0.15, -0.1) is 0 Å². The fourth-order valence-corrected chi connectivity index (χ4v) is 1.97. The summed E-state index contributed by atoms with van der Waals surface area (Å²) >= 11 is 5.86. The van der Waals surface area contributed by atoms with Crippen LogP contribution < -0.4 is 16.0 Å². The van der Waals surface area contributed by atoms with Gasteiger partial charge in [0.1, 0.15) is 0 Å². The molecule has 1 aromatic carbocycles. The summed E-state index contributed by atoms with van der Waals surface area (Å²) in [5.41, 5.74) is 1.21. The van der Waals surface area contributed by atoms with Crippen molar-refractivity contribution in [2.75, 3.05) is 26.7 Å². The number of carbonyl (C=O) groups is 1. The van der Waals surface area contributed by atoms with Crippen molar-refractivity contribution in [3.8, 4) is 0 Å². The Bertz CT molecular complexity index is 474. The molecule has 3 N–H and O–H groups in total. The van der Waals surface area contributed by atoms with Gasteiger partial charge in [-0.3, -0.25) is 9.79 Å². The smallest absolute Gasteiger partial charge is 0.221 e. The molecule has 0 bridgehead atoms. The topological polar surface area (TPSA) is 65.5 Å². The third-order valence-electron chi connectivity index (χ3n) is 3.06. The van der Waals surface area contributed by atoms with Gasteiger partial charge in [0.2, 0.25) is 5.91 Å². The molecule has 0 unspecified atom stereocenters. The lowest BCUT2D eigenvalue weighted by molar-refractivity contribution is -0.120. The predicted molar refractivity (Wildman–Crippen MR) is 92.4 cm³/mol. The minimum Gasteiger partial charge on any atom is -0.356 e. The maximum atomic E-state index is 11.5. The Balaban J connectivity index is 2.19. The van der Waals surface area contributed by atoms with Gasteiger partial charge in [-0.1, -0.05) is 30.7 Å². The number of guanidine groups is 1. The van der Waals surface area contributed by atoms with Crippen molar-refractivity contribution in [1.82, 2.24) is 16.0 Å². The summed E-state index contributed by atoms with van der Waals surface area (Å²) < 4.78 is 0. The minimum absolute atomic E-state index is 0.0611. The molecule has 0 aliphatic rings. The lowest BCUT2D eigenvalue weighted by Gasteiger charge is -2.12. The number of aliphatic imine (C=N–C) groups is 1. The van der Waals surface area contributed by atoms with Crippen LogP contribution in [0.2, 0.25) is 5.02 Å². The van der Waals surface area contributed by atoms with Gasteiger partial charge in [0.25, 0.3) is 0 Å². The molecule has 0 aliphatic carbocycles. The van der Waals surface area contributed by atoms with Gasteiger partial charge in [-0.25, -0.2) is 0 Å². The van der Waals surface area contributed by atoms with E-state index in [1.165, 1.54) is 5.56 Å². The second-order valence-electron chi connectivity index (χ2n) is 4.90. The predicted octanol–water partition coefficient (Wildman–Crippen LogP) is 1.96. The Morgan fingerprint density at radius 2 is 1.77 bits per heavy atom. The maximum absolute atomic E-state index is 11.5. The average Bonchev–Trinajstić information content (AvgIpc) is 2.53. The molecule has 1 amide bonds. The Hall–Kier alpha value is -1.75. The first-order valence-electron chi connectivity index (χ1n) is 7.61. The Kier molecular flexibility index (Phi) is 9.07. The number of nitrogens with one attached hydrogen (secondary N) is 3. The number of amides is 1. The van der Waals surface area contributed by atoms with E-state index in [1.54, 1.807) is 7.05 Å². The van der Waals surface area contributed by atoms with Crippen molar-refractivity contribution in [2.24, 2.45) is 4.99 Å². The molecule has 5 nitrogen and oxygen atoms in total. The average molecular weight is 325 g/mol. The normalized spacial score (nSPS) is 11.1. The first-order chi connectivity index (χ1) is 10.7. The van der Waals surface area contributed by atoms with E-state index in [0.29, 0.717) is 18.9 Å². The van der Waals surface area contributed by atoms with Gasteiger partial charge in [0.15, 0.2) is 5.96 Å². The van der Waals surface area contributed by atoms with Crippen LogP contribution in [0.3, 0.4) is 0 Å². The van der Waals surface area contributed by atoms with Crippen LogP contribution in [0.5, 0.6) is 0 Å². The summed E-state index contributed by atoms with van der Waals surface area (Å²) in [7, 11) is 1.72. The van der Waals surface area contributed by atoms with E-state index >= 15 is 0 Å². The number of hydrogen-bond donors (Lipinski definition) is 3. The molecule has 1 rings (SSSR count). The molecule has 0 aromatic heterocycles. The first kappa shape index (κ1) is 18.3. The van der Waals surface area contributed by atoms with E-state index in [4.69, 9.17) is 11.6 Å². The highest BCUT2D eigenvalue weighted by molar-refractivity contribution is 6.30. The Labute approximate surface area is 137 Å². The SMILES string of the molecule is CCCNC(=O)CCNC(=NC)NCCc1ccc(Cl)cc1. The van der Waals surface area contributed by atoms with E-state index in [2.05, 4.69) is 20.9 Å². The fourth-order valence-electron chi connectivity index (χ4n) is 1.84. The maximum Gasteiger partial charge on any atom is 0.221 e. The second kappa shape index (κ2) is 10.9. The largest absolute Gasteiger partial charge is 0.356 e. The summed E-state index contributed by atoms with van der Waals surface area (Å²) in [5, 5.41) is 9.94. The van der Waals surface area contributed by atoms with E-state index in [-0.39, 0.29) is 5.91 Å². The monoisotopic (exact) mass is 324 g/mol. The molecule has 1 aromatic rings. The zero-order valence-electron chi connectivity index (χ0n) is 13.3. The second-order valence-corrected chi connectivity index (χ2v) is 5.34. The zero-order chi connectivity index (χ0) is 16.2. The molecule has 6 heteroatoms. The molecule has 22 heavy (non-hydrogen) atoms. The molecule has 0 saturated heterocycles. The summed E-state index contributed by atoms with van der Waals surface area (Å²) in [6, 6.07) is 7.80. The van der Waals surface area contributed by atoms with Crippen molar-refractivity contribution in [3.05, 3.63) is 34.9 Å². The summed E-state index contributed by atoms with van der Waals surface area (Å²) in [5.74, 6) is 0.767. The summed E-state index contributed by atoms with van der Waals surface area (Å²) in [4.78, 5) is 15.6. The minimum atomic E-state index is 0.0611. The Morgan fingerprint density at radius 3 is 2.41 bits per heavy atom. The third kappa shape index (κ3) is 7.88. The number of carbonyl (C=O) groups excluding carboxylic acids is 1. The van der Waals surface area contributed by atoms with Crippen molar-refractivity contribution in [1.29, 1.82) is 0 Å². The van der Waals surface area contributed by atoms with Gasteiger partial charge < -0.3 is 16.0 Å². The number of halogens is 1. The molecule has 0 fully saturated rings. The summed E-state index contributed by atoms with van der Waals surface area (Å²) in [6.45, 7) is 4.09. The number of benzene rings is 1. The van der Waals surface area contributed by atoms with Crippen LogP contribution in [-0.2, 0) is 11.2 Å². The lowest BCUT2D eigenvalue weighted by atomic mass is 10.1. The van der Waals surface area contributed by atoms with Crippen molar-refractivity contribution in [3.63, 3.8) is 0 Å². The van der Waals surface area contributed by atoms with Gasteiger partial charge in [0.05, 0.1) is 0 Å². The highest BCUT2D eigenvalue weighted by Crippen LogP contribution is 2.09. The van der Waals surface area contributed by atoms with E-state index in [1.807, 2.05) is 31.2 Å². The van der Waals surface area contributed by atoms with Gasteiger partial charge >= 0.3 is 0 Å². The van der Waals surface area contributed by atoms with E-state index in [9.17, 15) is 4.79 Å². The quantitative estimate of drug-likeness (QED) is 0.506. The van der Waals surface area contributed by atoms with E-state index < -0.39 is 0 Å². The van der Waals surface area contributed by atoms with Gasteiger partial charge in [-0.2, -0.15) is 0 Å². The highest BCUT2D eigenvalue weighted by atomic mass is 35.5. The summed E-state index contributed by atoms with van der Waals surface area (Å²) in [6.07, 6.45) is 2.28. The van der Waals surface area contributed by atoms with Gasteiger partial charge in [0, 0.05) is 38.1 Å². The highest BCUT2D eigenvalue weighted by Gasteiger charge is 2.02. The molecular formula is C16H25ClN4O. The molecule has 122 valence electrons. The van der Waals surface area contributed by atoms with Crippen LogP contribution in [0.1, 0.15) is 25.3 Å². The number of nitrogens with zero attached hydrogens (tertiary/aromatic N) is 1. The molecule has 0 aliphatic heterocycles. The van der Waals surface area contributed by atoms with Crippen LogP contribution in [0, 0.1) is 0 Å². The molecule has 0 atom stereocenters. The molecule has 0 saturated carbocycles. The van der Waals surface area contributed by atoms with Crippen LogP contribution in [-0.4, -0.2) is 38.5 Å². The molecular weight excluding hydrogens is 300 g/mol. The van der Waals surface area contributed by atoms with Crippen molar-refractivity contribution >= 4 is 23.5 Å². The van der Waals surface area contributed by atoms with Crippen LogP contribution in [0.4, 0.5) is 0 Å². The fraction of sp³-hybridized carbons (Fsp3) is 0.500. The standard InChI is InChI=1S/C16H25ClN4O/c1-3-10-19-15(22)9-12-21-16(18-2)20-11-8-13-4-6-14(17)7-5-13/h4-7H,3,8-12H2,1-2H3,(H,19,22)(H2,18,20,21). The molecule has 0 radical (unpaired) electrons. The van der Waals surface area contributed by atoms with Crippen molar-refractivity contribution in [2.45, 2.75) is 26.2 Å². The number of rotatable bonds is 8. The van der Waals surface area contributed by atoms with Crippen LogP contribution in [0.25, 0.3) is 0 Å². The van der Waals surface area contributed by atoms with Crippen LogP contribution in [0.15, 0.2) is 29.3 Å². The molecule has 0 heterocycles. The zero-order valence-corrected chi connectivity index (χ0v) is 14.0. The first-order valence-corrected chi connectivity index (χ1v) is 7.99. The Morgan fingerprint density at radius 1 is 1.09 bits per heavy atom. The van der Waals surface area contributed by atoms with Crippen molar-refractivity contribution < 1.29 is 4.79 Å². The van der Waals surface area contributed by atoms with Gasteiger partial charge in [-0.05, 0) is 30.5 Å².